The van der Waals surface area contributed by atoms with E-state index in [1.165, 1.54) is 0 Å². The molecule has 4 atom stereocenters. The second kappa shape index (κ2) is 5.20. The molecule has 1 amide bonds. The fraction of sp³-hybridized carbons (Fsp3) is 0.444. The van der Waals surface area contributed by atoms with Crippen LogP contribution in [0.15, 0.2) is 42.5 Å². The van der Waals surface area contributed by atoms with Crippen LogP contribution in [0.1, 0.15) is 12.5 Å². The molecule has 5 heteroatoms. The van der Waals surface area contributed by atoms with Gasteiger partial charge in [0, 0.05) is 6.54 Å². The molecular formula is C18H19NO4. The van der Waals surface area contributed by atoms with Gasteiger partial charge in [-0.3, -0.25) is 9.59 Å². The molecule has 1 spiro atoms. The summed E-state index contributed by atoms with van der Waals surface area (Å²) in [4.78, 5) is 27.0. The lowest BCUT2D eigenvalue weighted by Crippen LogP contribution is -2.39. The van der Waals surface area contributed by atoms with Crippen LogP contribution in [0.5, 0.6) is 0 Å². The number of hydrogen-bond acceptors (Lipinski definition) is 4. The smallest absolute Gasteiger partial charge is 0.312 e. The summed E-state index contributed by atoms with van der Waals surface area (Å²) < 4.78 is 11.2. The minimum absolute atomic E-state index is 0.0150. The highest BCUT2D eigenvalue weighted by Crippen LogP contribution is 2.52. The van der Waals surface area contributed by atoms with Crippen molar-refractivity contribution in [2.75, 3.05) is 13.2 Å². The fourth-order valence-corrected chi connectivity index (χ4v) is 4.02. The van der Waals surface area contributed by atoms with E-state index in [0.29, 0.717) is 19.7 Å². The van der Waals surface area contributed by atoms with Gasteiger partial charge in [0.15, 0.2) is 0 Å². The van der Waals surface area contributed by atoms with Gasteiger partial charge in [0.1, 0.15) is 11.5 Å². The highest BCUT2D eigenvalue weighted by Gasteiger charge is 2.67. The van der Waals surface area contributed by atoms with E-state index in [4.69, 9.17) is 9.47 Å². The lowest BCUT2D eigenvalue weighted by atomic mass is 9.77. The molecule has 5 nitrogen and oxygen atoms in total. The van der Waals surface area contributed by atoms with Crippen LogP contribution in [0, 0.1) is 11.8 Å². The van der Waals surface area contributed by atoms with Crippen LogP contribution >= 0.6 is 0 Å². The lowest BCUT2D eigenvalue weighted by molar-refractivity contribution is -0.153. The van der Waals surface area contributed by atoms with Crippen LogP contribution in [-0.2, 0) is 25.6 Å². The van der Waals surface area contributed by atoms with Crippen LogP contribution in [-0.4, -0.2) is 41.6 Å². The Labute approximate surface area is 134 Å². The molecule has 1 aromatic carbocycles. The molecule has 120 valence electrons. The van der Waals surface area contributed by atoms with Gasteiger partial charge in [-0.1, -0.05) is 42.5 Å². The number of ether oxygens (including phenoxy) is 2. The number of carbonyl (C=O) groups is 2. The third kappa shape index (κ3) is 2.10. The first-order chi connectivity index (χ1) is 11.1. The first kappa shape index (κ1) is 14.5. The van der Waals surface area contributed by atoms with Crippen molar-refractivity contribution in [3.8, 4) is 0 Å². The summed E-state index contributed by atoms with van der Waals surface area (Å²) >= 11 is 0. The highest BCUT2D eigenvalue weighted by atomic mass is 16.6. The standard InChI is InChI=1S/C18H19NO4/c1-2-22-17(21)14-13-8-9-18(23-13)11-19(16(20)15(14)18)10-12-6-4-3-5-7-12/h3-9,13-15H,2,10-11H2,1H3/t13-,14-,15+,18+/m1/s1. The van der Waals surface area contributed by atoms with Crippen molar-refractivity contribution in [2.45, 2.75) is 25.2 Å². The Kier molecular flexibility index (Phi) is 3.27. The maximum atomic E-state index is 12.9. The summed E-state index contributed by atoms with van der Waals surface area (Å²) in [5.41, 5.74) is 0.414. The van der Waals surface area contributed by atoms with Gasteiger partial charge in [-0.05, 0) is 12.5 Å². The van der Waals surface area contributed by atoms with Crippen molar-refractivity contribution < 1.29 is 19.1 Å². The molecule has 0 radical (unpaired) electrons. The molecule has 2 saturated heterocycles. The topological polar surface area (TPSA) is 55.8 Å². The molecule has 1 aromatic rings. The highest BCUT2D eigenvalue weighted by molar-refractivity contribution is 5.91. The largest absolute Gasteiger partial charge is 0.466 e. The maximum absolute atomic E-state index is 12.9. The van der Waals surface area contributed by atoms with Gasteiger partial charge in [-0.2, -0.15) is 0 Å². The molecule has 3 aliphatic heterocycles. The summed E-state index contributed by atoms with van der Waals surface area (Å²) in [6, 6.07) is 9.86. The third-order valence-corrected chi connectivity index (χ3v) is 4.95. The van der Waals surface area contributed by atoms with Crippen LogP contribution in [0.4, 0.5) is 0 Å². The first-order valence-corrected chi connectivity index (χ1v) is 8.01. The predicted molar refractivity (Wildman–Crippen MR) is 82.2 cm³/mol. The molecule has 23 heavy (non-hydrogen) atoms. The Morgan fingerprint density at radius 2 is 2.17 bits per heavy atom. The number of nitrogens with zero attached hydrogens (tertiary/aromatic N) is 1. The third-order valence-electron chi connectivity index (χ3n) is 4.95. The molecular weight excluding hydrogens is 294 g/mol. The summed E-state index contributed by atoms with van der Waals surface area (Å²) in [7, 11) is 0. The van der Waals surface area contributed by atoms with Crippen molar-refractivity contribution in [1.29, 1.82) is 0 Å². The quantitative estimate of drug-likeness (QED) is 0.625. The number of fused-ring (bicyclic) bond motifs is 1. The van der Waals surface area contributed by atoms with E-state index in [9.17, 15) is 9.59 Å². The van der Waals surface area contributed by atoms with Gasteiger partial charge in [0.25, 0.3) is 0 Å². The van der Waals surface area contributed by atoms with Gasteiger partial charge < -0.3 is 14.4 Å². The summed E-state index contributed by atoms with van der Waals surface area (Å²) in [6.45, 7) is 3.12. The van der Waals surface area contributed by atoms with Crippen LogP contribution in [0.25, 0.3) is 0 Å². The van der Waals surface area contributed by atoms with Crippen molar-refractivity contribution in [3.05, 3.63) is 48.0 Å². The van der Waals surface area contributed by atoms with Crippen molar-refractivity contribution in [2.24, 2.45) is 11.8 Å². The fourth-order valence-electron chi connectivity index (χ4n) is 4.02. The summed E-state index contributed by atoms with van der Waals surface area (Å²) in [6.07, 6.45) is 3.53. The Morgan fingerprint density at radius 1 is 1.39 bits per heavy atom. The summed E-state index contributed by atoms with van der Waals surface area (Å²) in [5.74, 6) is -1.32. The molecule has 3 heterocycles. The van der Waals surface area contributed by atoms with Crippen LogP contribution in [0.3, 0.4) is 0 Å². The minimum Gasteiger partial charge on any atom is -0.466 e. The number of benzene rings is 1. The average molecular weight is 313 g/mol. The van der Waals surface area contributed by atoms with Crippen molar-refractivity contribution in [1.82, 2.24) is 4.90 Å². The Hall–Kier alpha value is -2.14. The number of esters is 1. The molecule has 0 unspecified atom stereocenters. The molecule has 0 N–H and O–H groups in total. The van der Waals surface area contributed by atoms with Gasteiger partial charge in [0.05, 0.1) is 25.2 Å². The van der Waals surface area contributed by atoms with E-state index in [2.05, 4.69) is 0 Å². The van der Waals surface area contributed by atoms with Gasteiger partial charge in [-0.25, -0.2) is 0 Å². The van der Waals surface area contributed by atoms with Gasteiger partial charge >= 0.3 is 5.97 Å². The van der Waals surface area contributed by atoms with Gasteiger partial charge in [-0.15, -0.1) is 0 Å². The zero-order chi connectivity index (χ0) is 16.0. The molecule has 0 aromatic heterocycles. The number of amides is 1. The average Bonchev–Trinajstić information content (AvgIpc) is 3.17. The van der Waals surface area contributed by atoms with E-state index < -0.39 is 17.4 Å². The molecule has 2 fully saturated rings. The SMILES string of the molecule is CCOC(=O)[C@H]1[C@H]2C(=O)N(Cc3ccccc3)C[C@@]23C=C[C@H]1O3. The normalized spacial score (nSPS) is 34.0. The van der Waals surface area contributed by atoms with E-state index in [1.54, 1.807) is 11.8 Å². The van der Waals surface area contributed by atoms with E-state index in [0.717, 1.165) is 5.56 Å². The number of rotatable bonds is 4. The van der Waals surface area contributed by atoms with Gasteiger partial charge in [0.2, 0.25) is 5.91 Å². The Balaban J connectivity index is 1.60. The van der Waals surface area contributed by atoms with Crippen LogP contribution in [0.2, 0.25) is 0 Å². The summed E-state index contributed by atoms with van der Waals surface area (Å²) in [5, 5.41) is 0. The number of carbonyl (C=O) groups excluding carboxylic acids is 2. The Morgan fingerprint density at radius 3 is 2.91 bits per heavy atom. The first-order valence-electron chi connectivity index (χ1n) is 8.01. The van der Waals surface area contributed by atoms with Crippen molar-refractivity contribution >= 4 is 11.9 Å². The molecule has 3 aliphatic rings. The molecule has 4 rings (SSSR count). The monoisotopic (exact) mass is 313 g/mol. The second-order valence-electron chi connectivity index (χ2n) is 6.33. The minimum atomic E-state index is -0.659. The molecule has 0 aliphatic carbocycles. The van der Waals surface area contributed by atoms with Crippen molar-refractivity contribution in [3.63, 3.8) is 0 Å². The predicted octanol–water partition coefficient (Wildman–Crippen LogP) is 1.53. The molecule has 2 bridgehead atoms. The zero-order valence-electron chi connectivity index (χ0n) is 13.0. The molecule has 0 saturated carbocycles. The number of hydrogen-bond donors (Lipinski definition) is 0. The zero-order valence-corrected chi connectivity index (χ0v) is 13.0. The van der Waals surface area contributed by atoms with E-state index >= 15 is 0 Å². The maximum Gasteiger partial charge on any atom is 0.312 e. The lowest BCUT2D eigenvalue weighted by Gasteiger charge is -2.22. The van der Waals surface area contributed by atoms with E-state index in [-0.39, 0.29) is 18.0 Å². The Bertz CT molecular complexity index is 671. The van der Waals surface area contributed by atoms with E-state index in [1.807, 2.05) is 42.5 Å². The number of likely N-dealkylation sites (tertiary alicyclic amines) is 1. The second-order valence-corrected chi connectivity index (χ2v) is 6.33. The van der Waals surface area contributed by atoms with Crippen LogP contribution < -0.4 is 0 Å².